The molecule has 0 saturated heterocycles. The van der Waals surface area contributed by atoms with Crippen LogP contribution in [0.25, 0.3) is 0 Å². The van der Waals surface area contributed by atoms with Crippen molar-refractivity contribution >= 4 is 11.7 Å². The summed E-state index contributed by atoms with van der Waals surface area (Å²) in [4.78, 5) is 17.6. The van der Waals surface area contributed by atoms with E-state index in [9.17, 15) is 4.79 Å². The highest BCUT2D eigenvalue weighted by Gasteiger charge is 2.21. The summed E-state index contributed by atoms with van der Waals surface area (Å²) in [5, 5.41) is 0. The van der Waals surface area contributed by atoms with Gasteiger partial charge in [-0.25, -0.2) is 4.98 Å². The molecule has 0 fully saturated rings. The van der Waals surface area contributed by atoms with Gasteiger partial charge in [-0.3, -0.25) is 4.79 Å². The lowest BCUT2D eigenvalue weighted by atomic mass is 10.2. The summed E-state index contributed by atoms with van der Waals surface area (Å²) in [6.07, 6.45) is 3.42. The number of carbonyl (C=O) groups is 1. The van der Waals surface area contributed by atoms with Gasteiger partial charge in [0.25, 0.3) is 0 Å². The van der Waals surface area contributed by atoms with Crippen LogP contribution in [0.3, 0.4) is 0 Å². The highest BCUT2D eigenvalue weighted by atomic mass is 16.2. The Morgan fingerprint density at radius 3 is 2.59 bits per heavy atom. The molecule has 17 heavy (non-hydrogen) atoms. The Morgan fingerprint density at radius 1 is 1.35 bits per heavy atom. The lowest BCUT2D eigenvalue weighted by Crippen LogP contribution is -2.27. The van der Waals surface area contributed by atoms with Gasteiger partial charge in [-0.1, -0.05) is 13.8 Å². The fourth-order valence-electron chi connectivity index (χ4n) is 2.17. The van der Waals surface area contributed by atoms with Gasteiger partial charge < -0.3 is 9.47 Å². The van der Waals surface area contributed by atoms with Crippen molar-refractivity contribution in [2.24, 2.45) is 0 Å². The van der Waals surface area contributed by atoms with Crippen molar-refractivity contribution in [3.05, 3.63) is 11.5 Å². The molecule has 0 N–H and O–H groups in total. The largest absolute Gasteiger partial charge is 0.314 e. The number of anilines is 1. The summed E-state index contributed by atoms with van der Waals surface area (Å²) in [5.41, 5.74) is 0.963. The first-order valence-corrected chi connectivity index (χ1v) is 6.41. The van der Waals surface area contributed by atoms with Crippen LogP contribution in [-0.2, 0) is 17.8 Å². The predicted molar refractivity (Wildman–Crippen MR) is 70.3 cm³/mol. The maximum absolute atomic E-state index is 11.4. The van der Waals surface area contributed by atoms with Crippen molar-refractivity contribution in [1.82, 2.24) is 9.55 Å². The minimum absolute atomic E-state index is 0.0615. The van der Waals surface area contributed by atoms with E-state index >= 15 is 0 Å². The number of hydrogen-bond acceptors (Lipinski definition) is 2. The van der Waals surface area contributed by atoms with Gasteiger partial charge in [0.2, 0.25) is 5.91 Å². The molecule has 96 valence electrons. The maximum atomic E-state index is 11.4. The van der Waals surface area contributed by atoms with Crippen molar-refractivity contribution in [3.63, 3.8) is 0 Å². The quantitative estimate of drug-likeness (QED) is 0.753. The number of amides is 1. The molecule has 0 atom stereocenters. The zero-order chi connectivity index (χ0) is 13.0. The van der Waals surface area contributed by atoms with Crippen LogP contribution in [-0.4, -0.2) is 22.5 Å². The monoisotopic (exact) mass is 237 g/mol. The summed E-state index contributed by atoms with van der Waals surface area (Å²) in [6, 6.07) is 0. The Labute approximate surface area is 104 Å². The fourth-order valence-corrected chi connectivity index (χ4v) is 2.17. The number of fused-ring (bicyclic) bond motifs is 1. The van der Waals surface area contributed by atoms with Gasteiger partial charge in [-0.2, -0.15) is 0 Å². The topological polar surface area (TPSA) is 38.1 Å². The van der Waals surface area contributed by atoms with Crippen LogP contribution in [0.5, 0.6) is 0 Å². The van der Waals surface area contributed by atoms with E-state index in [1.54, 1.807) is 11.8 Å². The number of imidazole rings is 1. The van der Waals surface area contributed by atoms with E-state index in [2.05, 4.69) is 9.55 Å². The van der Waals surface area contributed by atoms with Gasteiger partial charge >= 0.3 is 0 Å². The van der Waals surface area contributed by atoms with E-state index in [0.717, 1.165) is 30.3 Å². The number of hydrogen-bond donors (Lipinski definition) is 0. The van der Waals surface area contributed by atoms with Crippen LogP contribution in [0.15, 0.2) is 0 Å². The molecule has 1 amide bonds. The molecule has 2 heterocycles. The first-order valence-electron chi connectivity index (χ1n) is 6.41. The summed E-state index contributed by atoms with van der Waals surface area (Å²) >= 11 is 0. The first-order chi connectivity index (χ1) is 8.11. The molecule has 2 rings (SSSR count). The van der Waals surface area contributed by atoms with Gasteiger partial charge in [0.15, 0.2) is 0 Å². The molecule has 0 aromatic carbocycles. The lowest BCUT2D eigenvalue weighted by molar-refractivity contribution is -0.116. The average molecular weight is 237 g/mol. The zero-order valence-corrected chi connectivity index (χ0v) is 11.6. The molecule has 0 unspecified atom stereocenters. The SMILES string of the molecule is CC.CC(=O)N(C)c1c(C)nc2n1CCCC2. The van der Waals surface area contributed by atoms with E-state index in [1.807, 2.05) is 27.8 Å². The Morgan fingerprint density at radius 2 is 2.00 bits per heavy atom. The molecule has 0 bridgehead atoms. The molecule has 0 saturated carbocycles. The van der Waals surface area contributed by atoms with Crippen LogP contribution >= 0.6 is 0 Å². The normalized spacial score (nSPS) is 13.5. The van der Waals surface area contributed by atoms with Crippen LogP contribution in [0.2, 0.25) is 0 Å². The molecule has 4 nitrogen and oxygen atoms in total. The van der Waals surface area contributed by atoms with E-state index in [4.69, 9.17) is 0 Å². The summed E-state index contributed by atoms with van der Waals surface area (Å²) in [6.45, 7) is 8.55. The molecular weight excluding hydrogens is 214 g/mol. The van der Waals surface area contributed by atoms with E-state index in [1.165, 1.54) is 12.8 Å². The van der Waals surface area contributed by atoms with Gasteiger partial charge in [-0.15, -0.1) is 0 Å². The molecule has 1 aliphatic rings. The van der Waals surface area contributed by atoms with Crippen molar-refractivity contribution in [2.75, 3.05) is 11.9 Å². The Hall–Kier alpha value is -1.32. The smallest absolute Gasteiger partial charge is 0.224 e. The minimum Gasteiger partial charge on any atom is -0.314 e. The summed E-state index contributed by atoms with van der Waals surface area (Å²) in [7, 11) is 1.81. The molecule has 4 heteroatoms. The van der Waals surface area contributed by atoms with Crippen LogP contribution in [0.4, 0.5) is 5.82 Å². The van der Waals surface area contributed by atoms with Crippen LogP contribution in [0, 0.1) is 6.92 Å². The molecule has 1 aliphatic heterocycles. The Bertz CT molecular complexity index is 396. The summed E-state index contributed by atoms with van der Waals surface area (Å²) in [5.74, 6) is 2.16. The third-order valence-electron chi connectivity index (χ3n) is 3.01. The summed E-state index contributed by atoms with van der Waals surface area (Å²) < 4.78 is 2.18. The van der Waals surface area contributed by atoms with Crippen LogP contribution < -0.4 is 4.90 Å². The number of rotatable bonds is 1. The van der Waals surface area contributed by atoms with Crippen molar-refractivity contribution < 1.29 is 4.79 Å². The highest BCUT2D eigenvalue weighted by Crippen LogP contribution is 2.25. The molecule has 1 aromatic heterocycles. The lowest BCUT2D eigenvalue weighted by Gasteiger charge is -2.21. The Kier molecular flexibility index (Phi) is 4.73. The van der Waals surface area contributed by atoms with Crippen molar-refractivity contribution in [2.45, 2.75) is 53.5 Å². The van der Waals surface area contributed by atoms with Gasteiger partial charge in [0, 0.05) is 26.9 Å². The molecular formula is C13H23N3O. The van der Waals surface area contributed by atoms with E-state index in [0.29, 0.717) is 0 Å². The third kappa shape index (κ3) is 2.68. The van der Waals surface area contributed by atoms with Gasteiger partial charge in [0.1, 0.15) is 11.6 Å². The van der Waals surface area contributed by atoms with E-state index in [-0.39, 0.29) is 5.91 Å². The standard InChI is InChI=1S/C11H17N3O.C2H6/c1-8-11(13(3)9(2)15)14-7-5-4-6-10(14)12-8;1-2/h4-7H2,1-3H3;1-2H3. The Balaban J connectivity index is 0.000000686. The third-order valence-corrected chi connectivity index (χ3v) is 3.01. The minimum atomic E-state index is 0.0615. The number of aryl methyl sites for hydroxylation is 2. The number of carbonyl (C=O) groups excluding carboxylic acids is 1. The highest BCUT2D eigenvalue weighted by molar-refractivity contribution is 5.90. The van der Waals surface area contributed by atoms with E-state index < -0.39 is 0 Å². The van der Waals surface area contributed by atoms with Crippen molar-refractivity contribution in [1.29, 1.82) is 0 Å². The predicted octanol–water partition coefficient (Wildman–Crippen LogP) is 2.54. The maximum Gasteiger partial charge on any atom is 0.224 e. The van der Waals surface area contributed by atoms with Gasteiger partial charge in [-0.05, 0) is 19.8 Å². The zero-order valence-electron chi connectivity index (χ0n) is 11.6. The van der Waals surface area contributed by atoms with Gasteiger partial charge in [0.05, 0.1) is 5.69 Å². The molecule has 1 aromatic rings. The second-order valence-electron chi connectivity index (χ2n) is 4.12. The molecule has 0 aliphatic carbocycles. The number of nitrogens with zero attached hydrogens (tertiary/aromatic N) is 3. The first kappa shape index (κ1) is 13.7. The molecule has 0 spiro atoms. The fraction of sp³-hybridized carbons (Fsp3) is 0.692. The second kappa shape index (κ2) is 5.84. The van der Waals surface area contributed by atoms with Crippen LogP contribution in [0.1, 0.15) is 45.1 Å². The molecule has 0 radical (unpaired) electrons. The number of aromatic nitrogens is 2. The van der Waals surface area contributed by atoms with Crippen molar-refractivity contribution in [3.8, 4) is 0 Å². The average Bonchev–Trinajstić information content (AvgIpc) is 2.66. The second-order valence-corrected chi connectivity index (χ2v) is 4.12.